The van der Waals surface area contributed by atoms with Crippen LogP contribution in [0.1, 0.15) is 76.8 Å². The maximum atomic E-state index is 10.8. The molecule has 1 aromatic rings. The molecule has 21 heavy (non-hydrogen) atoms. The van der Waals surface area contributed by atoms with Crippen LogP contribution >= 0.6 is 0 Å². The minimum Gasteiger partial charge on any atom is -0.346 e. The maximum absolute atomic E-state index is 10.8. The molecular weight excluding hydrogens is 264 g/mol. The molecule has 0 fully saturated rings. The molecule has 0 amide bonds. The van der Waals surface area contributed by atoms with Crippen LogP contribution in [0.4, 0.5) is 5.69 Å². The Balaban J connectivity index is 2.03. The summed E-state index contributed by atoms with van der Waals surface area (Å²) in [6.45, 7) is 4.98. The highest BCUT2D eigenvalue weighted by Gasteiger charge is 2.13. The quantitative estimate of drug-likeness (QED) is 0.285. The fourth-order valence-corrected chi connectivity index (χ4v) is 2.74. The standard InChI is InChI=1S/C17H30N2O2/c1-3-4-5-6-7-8-9-10-11-12-14-18-15-13-17(16(18)2)19(20)21/h13,15H,3-12,14H2,1-2H3. The molecule has 0 aromatic carbocycles. The number of unbranched alkanes of at least 4 members (excludes halogenated alkanes) is 9. The topological polar surface area (TPSA) is 48.1 Å². The van der Waals surface area contributed by atoms with E-state index < -0.39 is 0 Å². The van der Waals surface area contributed by atoms with Gasteiger partial charge in [-0.15, -0.1) is 0 Å². The molecule has 0 N–H and O–H groups in total. The minimum absolute atomic E-state index is 0.238. The monoisotopic (exact) mass is 294 g/mol. The molecule has 0 aliphatic heterocycles. The largest absolute Gasteiger partial charge is 0.346 e. The molecule has 1 heterocycles. The van der Waals surface area contributed by atoms with E-state index in [0.717, 1.165) is 18.7 Å². The van der Waals surface area contributed by atoms with Gasteiger partial charge in [-0.3, -0.25) is 10.1 Å². The summed E-state index contributed by atoms with van der Waals surface area (Å²) in [7, 11) is 0. The Labute approximate surface area is 128 Å². The van der Waals surface area contributed by atoms with Gasteiger partial charge in [0, 0.05) is 18.8 Å². The lowest BCUT2D eigenvalue weighted by atomic mass is 10.1. The smallest absolute Gasteiger partial charge is 0.289 e. The van der Waals surface area contributed by atoms with E-state index in [1.807, 2.05) is 17.7 Å². The molecular formula is C17H30N2O2. The molecule has 0 atom stereocenters. The first-order valence-corrected chi connectivity index (χ1v) is 8.47. The number of nitro groups is 1. The highest BCUT2D eigenvalue weighted by atomic mass is 16.6. The second-order valence-electron chi connectivity index (χ2n) is 5.92. The van der Waals surface area contributed by atoms with Gasteiger partial charge in [-0.25, -0.2) is 0 Å². The van der Waals surface area contributed by atoms with E-state index in [0.29, 0.717) is 0 Å². The number of nitrogens with zero attached hydrogens (tertiary/aromatic N) is 2. The molecule has 120 valence electrons. The van der Waals surface area contributed by atoms with Crippen molar-refractivity contribution in [1.82, 2.24) is 4.57 Å². The van der Waals surface area contributed by atoms with Crippen LogP contribution in [0.2, 0.25) is 0 Å². The van der Waals surface area contributed by atoms with Crippen LogP contribution < -0.4 is 0 Å². The zero-order valence-corrected chi connectivity index (χ0v) is 13.6. The van der Waals surface area contributed by atoms with Crippen molar-refractivity contribution in [2.24, 2.45) is 0 Å². The highest BCUT2D eigenvalue weighted by Crippen LogP contribution is 2.19. The lowest BCUT2D eigenvalue weighted by molar-refractivity contribution is -0.385. The first-order chi connectivity index (χ1) is 10.2. The normalized spacial score (nSPS) is 11.0. The molecule has 0 bridgehead atoms. The van der Waals surface area contributed by atoms with Crippen LogP contribution in [0.25, 0.3) is 0 Å². The summed E-state index contributed by atoms with van der Waals surface area (Å²) >= 11 is 0. The van der Waals surface area contributed by atoms with Crippen molar-refractivity contribution in [2.45, 2.75) is 84.6 Å². The number of hydrogen-bond donors (Lipinski definition) is 0. The third kappa shape index (κ3) is 6.78. The molecule has 0 saturated carbocycles. The zero-order valence-electron chi connectivity index (χ0n) is 13.6. The summed E-state index contributed by atoms with van der Waals surface area (Å²) in [4.78, 5) is 10.5. The van der Waals surface area contributed by atoms with Crippen LogP contribution in [0.15, 0.2) is 12.3 Å². The van der Waals surface area contributed by atoms with Crippen molar-refractivity contribution < 1.29 is 4.92 Å². The molecule has 4 nitrogen and oxygen atoms in total. The SMILES string of the molecule is CCCCCCCCCCCCn1ccc([N+](=O)[O-])c1C. The van der Waals surface area contributed by atoms with Gasteiger partial charge in [0.2, 0.25) is 0 Å². The van der Waals surface area contributed by atoms with Crippen LogP contribution in [0.5, 0.6) is 0 Å². The Hall–Kier alpha value is -1.32. The van der Waals surface area contributed by atoms with Gasteiger partial charge < -0.3 is 4.57 Å². The molecule has 1 aromatic heterocycles. The summed E-state index contributed by atoms with van der Waals surface area (Å²) in [6.07, 6.45) is 15.0. The van der Waals surface area contributed by atoms with E-state index in [2.05, 4.69) is 6.92 Å². The summed E-state index contributed by atoms with van der Waals surface area (Å²) < 4.78 is 2.00. The van der Waals surface area contributed by atoms with Gasteiger partial charge in [-0.05, 0) is 13.3 Å². The molecule has 0 aliphatic carbocycles. The fraction of sp³-hybridized carbons (Fsp3) is 0.765. The van der Waals surface area contributed by atoms with E-state index in [-0.39, 0.29) is 10.6 Å². The van der Waals surface area contributed by atoms with E-state index >= 15 is 0 Å². The van der Waals surface area contributed by atoms with Gasteiger partial charge in [0.05, 0.1) is 10.6 Å². The van der Waals surface area contributed by atoms with Crippen molar-refractivity contribution in [2.75, 3.05) is 0 Å². The van der Waals surface area contributed by atoms with Crippen molar-refractivity contribution in [3.63, 3.8) is 0 Å². The van der Waals surface area contributed by atoms with Crippen LogP contribution in [0, 0.1) is 17.0 Å². The summed E-state index contributed by atoms with van der Waals surface area (Å²) in [5.74, 6) is 0. The van der Waals surface area contributed by atoms with Gasteiger partial charge in [0.1, 0.15) is 0 Å². The molecule has 1 rings (SSSR count). The maximum Gasteiger partial charge on any atom is 0.289 e. The highest BCUT2D eigenvalue weighted by molar-refractivity contribution is 5.35. The first kappa shape index (κ1) is 17.7. The predicted molar refractivity (Wildman–Crippen MR) is 87.7 cm³/mol. The molecule has 0 spiro atoms. The Morgan fingerprint density at radius 1 is 1.00 bits per heavy atom. The van der Waals surface area contributed by atoms with Gasteiger partial charge in [-0.1, -0.05) is 64.7 Å². The first-order valence-electron chi connectivity index (χ1n) is 8.47. The van der Waals surface area contributed by atoms with Gasteiger partial charge >= 0.3 is 0 Å². The molecule has 4 heteroatoms. The summed E-state index contributed by atoms with van der Waals surface area (Å²) in [5, 5.41) is 10.8. The Morgan fingerprint density at radius 3 is 2.00 bits per heavy atom. The Kier molecular flexibility index (Phi) is 8.79. The third-order valence-electron chi connectivity index (χ3n) is 4.16. The second-order valence-corrected chi connectivity index (χ2v) is 5.92. The fourth-order valence-electron chi connectivity index (χ4n) is 2.74. The van der Waals surface area contributed by atoms with Crippen LogP contribution in [-0.4, -0.2) is 9.49 Å². The van der Waals surface area contributed by atoms with Crippen molar-refractivity contribution in [3.05, 3.63) is 28.1 Å². The Bertz CT molecular complexity index is 413. The van der Waals surface area contributed by atoms with Crippen molar-refractivity contribution in [1.29, 1.82) is 0 Å². The summed E-state index contributed by atoms with van der Waals surface area (Å²) in [5.41, 5.74) is 1.01. The third-order valence-corrected chi connectivity index (χ3v) is 4.16. The van der Waals surface area contributed by atoms with E-state index in [4.69, 9.17) is 0 Å². The van der Waals surface area contributed by atoms with Crippen LogP contribution in [-0.2, 0) is 6.54 Å². The summed E-state index contributed by atoms with van der Waals surface area (Å²) in [6, 6.07) is 1.60. The zero-order chi connectivity index (χ0) is 15.5. The number of rotatable bonds is 12. The van der Waals surface area contributed by atoms with Gasteiger partial charge in [0.25, 0.3) is 5.69 Å². The minimum atomic E-state index is -0.301. The van der Waals surface area contributed by atoms with Crippen molar-refractivity contribution in [3.8, 4) is 0 Å². The van der Waals surface area contributed by atoms with E-state index in [1.54, 1.807) is 6.07 Å². The molecule has 0 unspecified atom stereocenters. The van der Waals surface area contributed by atoms with Crippen LogP contribution in [0.3, 0.4) is 0 Å². The van der Waals surface area contributed by atoms with E-state index in [1.165, 1.54) is 57.8 Å². The number of aromatic nitrogens is 1. The van der Waals surface area contributed by atoms with Gasteiger partial charge in [0.15, 0.2) is 0 Å². The average molecular weight is 294 g/mol. The molecule has 0 saturated heterocycles. The van der Waals surface area contributed by atoms with Crippen molar-refractivity contribution >= 4 is 5.69 Å². The van der Waals surface area contributed by atoms with Gasteiger partial charge in [-0.2, -0.15) is 0 Å². The lowest BCUT2D eigenvalue weighted by Crippen LogP contribution is -2.00. The average Bonchev–Trinajstić information content (AvgIpc) is 2.82. The number of aryl methyl sites for hydroxylation is 1. The number of hydrogen-bond acceptors (Lipinski definition) is 2. The van der Waals surface area contributed by atoms with E-state index in [9.17, 15) is 10.1 Å². The predicted octanol–water partition coefficient (Wildman–Crippen LogP) is 5.63. The lowest BCUT2D eigenvalue weighted by Gasteiger charge is -2.05. The molecule has 0 radical (unpaired) electrons. The Morgan fingerprint density at radius 2 is 1.52 bits per heavy atom. The second kappa shape index (κ2) is 10.4. The molecule has 0 aliphatic rings.